The zero-order valence-corrected chi connectivity index (χ0v) is 6.60. The van der Waals surface area contributed by atoms with Crippen LogP contribution in [0, 0.1) is 10.1 Å². The summed E-state index contributed by atoms with van der Waals surface area (Å²) in [5.74, 6) is 0. The van der Waals surface area contributed by atoms with Gasteiger partial charge in [0.15, 0.2) is 0 Å². The Morgan fingerprint density at radius 2 is 2.00 bits per heavy atom. The Labute approximate surface area is 69.7 Å². The number of nitro groups is 1. The van der Waals surface area contributed by atoms with Crippen molar-refractivity contribution >= 4 is 11.9 Å². The third-order valence-electron chi connectivity index (χ3n) is 1.38. The number of benzene rings is 1. The molecule has 1 aromatic carbocycles. The molecule has 0 aliphatic rings. The Hall–Kier alpha value is -1.71. The van der Waals surface area contributed by atoms with Crippen LogP contribution in [0.3, 0.4) is 0 Å². The maximum absolute atomic E-state index is 10.2. The molecule has 4 nitrogen and oxygen atoms in total. The summed E-state index contributed by atoms with van der Waals surface area (Å²) < 4.78 is 0. The fourth-order valence-corrected chi connectivity index (χ4v) is 0.831. The molecule has 0 spiro atoms. The fourth-order valence-electron chi connectivity index (χ4n) is 0.831. The van der Waals surface area contributed by atoms with Crippen LogP contribution in [0.5, 0.6) is 0 Å². The first-order valence-corrected chi connectivity index (χ1v) is 3.40. The molecule has 0 aromatic heterocycles. The summed E-state index contributed by atoms with van der Waals surface area (Å²) in [5, 5.41) is 10.2. The number of rotatable bonds is 2. The molecular weight excluding hydrogens is 156 g/mol. The van der Waals surface area contributed by atoms with Gasteiger partial charge >= 0.3 is 0 Å². The van der Waals surface area contributed by atoms with Crippen molar-refractivity contribution in [2.24, 2.45) is 4.99 Å². The third-order valence-corrected chi connectivity index (χ3v) is 1.38. The first kappa shape index (κ1) is 8.39. The highest BCUT2D eigenvalue weighted by Crippen LogP contribution is 2.10. The molecule has 1 aromatic rings. The normalized spacial score (nSPS) is 10.4. The Bertz CT molecular complexity index is 303. The van der Waals surface area contributed by atoms with E-state index in [1.54, 1.807) is 25.4 Å². The highest BCUT2D eigenvalue weighted by Gasteiger charge is 2.01. The van der Waals surface area contributed by atoms with Gasteiger partial charge in [0, 0.05) is 25.4 Å². The Kier molecular flexibility index (Phi) is 2.53. The zero-order chi connectivity index (χ0) is 8.97. The van der Waals surface area contributed by atoms with E-state index >= 15 is 0 Å². The van der Waals surface area contributed by atoms with Gasteiger partial charge in [0.2, 0.25) is 0 Å². The van der Waals surface area contributed by atoms with Gasteiger partial charge < -0.3 is 0 Å². The molecule has 0 heterocycles. The van der Waals surface area contributed by atoms with Gasteiger partial charge in [0.25, 0.3) is 5.69 Å². The predicted octanol–water partition coefficient (Wildman–Crippen LogP) is 1.64. The van der Waals surface area contributed by atoms with Crippen LogP contribution in [0.2, 0.25) is 0 Å². The van der Waals surface area contributed by atoms with Gasteiger partial charge in [-0.2, -0.15) is 0 Å². The molecule has 0 radical (unpaired) electrons. The van der Waals surface area contributed by atoms with Crippen LogP contribution in [0.4, 0.5) is 5.69 Å². The number of non-ortho nitro benzene ring substituents is 1. The summed E-state index contributed by atoms with van der Waals surface area (Å²) >= 11 is 0. The average molecular weight is 164 g/mol. The van der Waals surface area contributed by atoms with Gasteiger partial charge in [0.1, 0.15) is 0 Å². The first-order valence-electron chi connectivity index (χ1n) is 3.40. The van der Waals surface area contributed by atoms with Crippen LogP contribution in [0.1, 0.15) is 5.56 Å². The number of nitro benzene ring substituents is 1. The molecule has 4 heteroatoms. The molecule has 0 aliphatic heterocycles. The van der Waals surface area contributed by atoms with Crippen molar-refractivity contribution in [3.63, 3.8) is 0 Å². The van der Waals surface area contributed by atoms with E-state index in [0.717, 1.165) is 5.56 Å². The third kappa shape index (κ3) is 1.88. The lowest BCUT2D eigenvalue weighted by atomic mass is 10.2. The quantitative estimate of drug-likeness (QED) is 0.379. The molecule has 0 aliphatic carbocycles. The van der Waals surface area contributed by atoms with E-state index in [9.17, 15) is 10.1 Å². The molecule has 0 unspecified atom stereocenters. The number of aliphatic imine (C=N–C) groups is 1. The van der Waals surface area contributed by atoms with Crippen LogP contribution in [-0.4, -0.2) is 18.2 Å². The molecule has 0 bridgehead atoms. The van der Waals surface area contributed by atoms with Gasteiger partial charge in [-0.25, -0.2) is 0 Å². The van der Waals surface area contributed by atoms with Crippen LogP contribution in [-0.2, 0) is 0 Å². The summed E-state index contributed by atoms with van der Waals surface area (Å²) in [5.41, 5.74) is 0.964. The second-order valence-electron chi connectivity index (χ2n) is 2.24. The lowest BCUT2D eigenvalue weighted by Crippen LogP contribution is -1.88. The van der Waals surface area contributed by atoms with Gasteiger partial charge in [-0.05, 0) is 17.7 Å². The van der Waals surface area contributed by atoms with Crippen molar-refractivity contribution in [2.45, 2.75) is 0 Å². The molecule has 0 saturated heterocycles. The van der Waals surface area contributed by atoms with Crippen molar-refractivity contribution < 1.29 is 4.92 Å². The summed E-state index contributed by atoms with van der Waals surface area (Å²) in [7, 11) is 1.65. The summed E-state index contributed by atoms with van der Waals surface area (Å²) in [6, 6.07) is 6.23. The highest BCUT2D eigenvalue weighted by molar-refractivity contribution is 5.79. The standard InChI is InChI=1S/C8H8N2O2/c1-9-6-7-2-4-8(5-3-7)10(11)12/h2-6H,1H3/b9-6+. The zero-order valence-electron chi connectivity index (χ0n) is 6.60. The minimum atomic E-state index is -0.424. The average Bonchev–Trinajstić information content (AvgIpc) is 2.06. The lowest BCUT2D eigenvalue weighted by molar-refractivity contribution is -0.384. The van der Waals surface area contributed by atoms with E-state index in [1.165, 1.54) is 12.1 Å². The minimum Gasteiger partial charge on any atom is -0.296 e. The molecule has 0 atom stereocenters. The molecular formula is C8H8N2O2. The number of hydrogen-bond donors (Lipinski definition) is 0. The van der Waals surface area contributed by atoms with E-state index < -0.39 is 4.92 Å². The number of hydrogen-bond acceptors (Lipinski definition) is 3. The Balaban J connectivity index is 2.93. The van der Waals surface area contributed by atoms with Gasteiger partial charge in [-0.3, -0.25) is 15.1 Å². The summed E-state index contributed by atoms with van der Waals surface area (Å²) in [4.78, 5) is 13.6. The molecule has 12 heavy (non-hydrogen) atoms. The highest BCUT2D eigenvalue weighted by atomic mass is 16.6. The smallest absolute Gasteiger partial charge is 0.269 e. The second-order valence-corrected chi connectivity index (χ2v) is 2.24. The van der Waals surface area contributed by atoms with Gasteiger partial charge in [-0.15, -0.1) is 0 Å². The Morgan fingerprint density at radius 3 is 2.42 bits per heavy atom. The SMILES string of the molecule is C/N=C/c1ccc([N+](=O)[O-])cc1. The lowest BCUT2D eigenvalue weighted by Gasteiger charge is -1.91. The van der Waals surface area contributed by atoms with Crippen molar-refractivity contribution in [3.05, 3.63) is 39.9 Å². The molecule has 0 N–H and O–H groups in total. The van der Waals surface area contributed by atoms with Crippen molar-refractivity contribution in [1.29, 1.82) is 0 Å². The molecule has 0 amide bonds. The maximum atomic E-state index is 10.2. The van der Waals surface area contributed by atoms with E-state index in [0.29, 0.717) is 0 Å². The van der Waals surface area contributed by atoms with Gasteiger partial charge in [0.05, 0.1) is 4.92 Å². The summed E-state index contributed by atoms with van der Waals surface area (Å²) in [6.45, 7) is 0. The number of nitrogens with zero attached hydrogens (tertiary/aromatic N) is 2. The van der Waals surface area contributed by atoms with Crippen molar-refractivity contribution in [2.75, 3.05) is 7.05 Å². The summed E-state index contributed by atoms with van der Waals surface area (Å²) in [6.07, 6.45) is 1.64. The van der Waals surface area contributed by atoms with Crippen molar-refractivity contribution in [3.8, 4) is 0 Å². The Morgan fingerprint density at radius 1 is 1.42 bits per heavy atom. The molecule has 0 fully saturated rings. The second kappa shape index (κ2) is 3.61. The van der Waals surface area contributed by atoms with Crippen molar-refractivity contribution in [1.82, 2.24) is 0 Å². The van der Waals surface area contributed by atoms with Crippen LogP contribution in [0.25, 0.3) is 0 Å². The van der Waals surface area contributed by atoms with E-state index in [2.05, 4.69) is 4.99 Å². The molecule has 1 rings (SSSR count). The topological polar surface area (TPSA) is 55.5 Å². The predicted molar refractivity (Wildman–Crippen MR) is 46.6 cm³/mol. The van der Waals surface area contributed by atoms with Crippen LogP contribution < -0.4 is 0 Å². The van der Waals surface area contributed by atoms with E-state index in [4.69, 9.17) is 0 Å². The van der Waals surface area contributed by atoms with Crippen LogP contribution >= 0.6 is 0 Å². The van der Waals surface area contributed by atoms with Gasteiger partial charge in [-0.1, -0.05) is 0 Å². The molecule has 62 valence electrons. The molecule has 0 saturated carbocycles. The first-order chi connectivity index (χ1) is 5.74. The minimum absolute atomic E-state index is 0.100. The monoisotopic (exact) mass is 164 g/mol. The van der Waals surface area contributed by atoms with Crippen LogP contribution in [0.15, 0.2) is 29.3 Å². The largest absolute Gasteiger partial charge is 0.296 e. The van der Waals surface area contributed by atoms with E-state index in [1.807, 2.05) is 0 Å². The van der Waals surface area contributed by atoms with E-state index in [-0.39, 0.29) is 5.69 Å². The maximum Gasteiger partial charge on any atom is 0.269 e. The fraction of sp³-hybridized carbons (Fsp3) is 0.125.